The first-order valence-electron chi connectivity index (χ1n) is 7.48. The molecule has 0 aliphatic carbocycles. The third-order valence-corrected chi connectivity index (χ3v) is 3.70. The van der Waals surface area contributed by atoms with E-state index in [-0.39, 0.29) is 6.54 Å². The molecule has 1 N–H and O–H groups in total. The van der Waals surface area contributed by atoms with Gasteiger partial charge in [0.2, 0.25) is 0 Å². The van der Waals surface area contributed by atoms with E-state index in [1.807, 2.05) is 0 Å². The minimum absolute atomic E-state index is 0.00188. The Labute approximate surface area is 143 Å². The Bertz CT molecular complexity index is 732. The number of carbonyl (C=O) groups excluding carboxylic acids is 1. The van der Waals surface area contributed by atoms with Gasteiger partial charge in [0.15, 0.2) is 0 Å². The number of ether oxygens (including phenoxy) is 2. The smallest absolute Gasteiger partial charge is 0.417 e. The van der Waals surface area contributed by atoms with Gasteiger partial charge in [-0.25, -0.2) is 0 Å². The third-order valence-electron chi connectivity index (χ3n) is 3.70. The average Bonchev–Trinajstić information content (AvgIpc) is 2.61. The molecule has 0 saturated carbocycles. The topological polar surface area (TPSA) is 47.6 Å². The first-order valence-corrected chi connectivity index (χ1v) is 7.48. The fourth-order valence-corrected chi connectivity index (χ4v) is 2.46. The number of nitrogens with one attached hydrogen (secondary N) is 1. The molecule has 0 spiro atoms. The van der Waals surface area contributed by atoms with Crippen LogP contribution in [0.5, 0.6) is 5.75 Å². The number of alkyl halides is 3. The lowest BCUT2D eigenvalue weighted by atomic mass is 10.1. The zero-order chi connectivity index (χ0) is 18.4. The molecule has 0 aliphatic heterocycles. The standard InChI is InChI=1S/C18H18F3NO3/c1-24-15-10-6-4-8-13(15)16(25-2)11-22-17(23)12-7-3-5-9-14(12)18(19,20)21/h3-10,16H,11H2,1-2H3,(H,22,23)/t16-/m0/s1. The number of hydrogen-bond acceptors (Lipinski definition) is 3. The minimum Gasteiger partial charge on any atom is -0.496 e. The molecule has 0 bridgehead atoms. The molecule has 1 amide bonds. The van der Waals surface area contributed by atoms with Crippen LogP contribution in [0.15, 0.2) is 48.5 Å². The summed E-state index contributed by atoms with van der Waals surface area (Å²) in [6, 6.07) is 11.7. The van der Waals surface area contributed by atoms with Crippen LogP contribution in [0.2, 0.25) is 0 Å². The van der Waals surface area contributed by atoms with Crippen LogP contribution in [0.3, 0.4) is 0 Å². The third kappa shape index (κ3) is 4.51. The van der Waals surface area contributed by atoms with Crippen molar-refractivity contribution in [3.05, 3.63) is 65.2 Å². The molecule has 1 atom stereocenters. The fraction of sp³-hybridized carbons (Fsp3) is 0.278. The number of halogens is 3. The summed E-state index contributed by atoms with van der Waals surface area (Å²) >= 11 is 0. The Morgan fingerprint density at radius 1 is 1.08 bits per heavy atom. The highest BCUT2D eigenvalue weighted by atomic mass is 19.4. The zero-order valence-electron chi connectivity index (χ0n) is 13.8. The number of hydrogen-bond donors (Lipinski definition) is 1. The summed E-state index contributed by atoms with van der Waals surface area (Å²) in [4.78, 5) is 12.2. The largest absolute Gasteiger partial charge is 0.496 e. The summed E-state index contributed by atoms with van der Waals surface area (Å²) in [7, 11) is 2.95. The number of para-hydroxylation sites is 1. The molecular weight excluding hydrogens is 335 g/mol. The van der Waals surface area contributed by atoms with Crippen molar-refractivity contribution in [3.63, 3.8) is 0 Å². The number of benzene rings is 2. The van der Waals surface area contributed by atoms with Crippen LogP contribution in [0, 0.1) is 0 Å². The molecule has 7 heteroatoms. The molecule has 0 fully saturated rings. The molecule has 0 aliphatic rings. The van der Waals surface area contributed by atoms with E-state index >= 15 is 0 Å². The monoisotopic (exact) mass is 353 g/mol. The summed E-state index contributed by atoms with van der Waals surface area (Å²) in [5.74, 6) is -0.246. The quantitative estimate of drug-likeness (QED) is 0.859. The zero-order valence-corrected chi connectivity index (χ0v) is 13.8. The molecule has 134 valence electrons. The number of rotatable bonds is 6. The molecule has 0 heterocycles. The minimum atomic E-state index is -4.60. The Balaban J connectivity index is 2.16. The Kier molecular flexibility index (Phi) is 6.03. The van der Waals surface area contributed by atoms with E-state index in [9.17, 15) is 18.0 Å². The van der Waals surface area contributed by atoms with E-state index in [1.54, 1.807) is 24.3 Å². The van der Waals surface area contributed by atoms with E-state index < -0.39 is 29.3 Å². The molecule has 0 unspecified atom stereocenters. The number of carbonyl (C=O) groups is 1. The van der Waals surface area contributed by atoms with Crippen LogP contribution < -0.4 is 10.1 Å². The van der Waals surface area contributed by atoms with Gasteiger partial charge in [-0.15, -0.1) is 0 Å². The second kappa shape index (κ2) is 8.02. The van der Waals surface area contributed by atoms with Crippen molar-refractivity contribution in [2.75, 3.05) is 20.8 Å². The maximum atomic E-state index is 13.0. The molecule has 2 aromatic rings. The van der Waals surface area contributed by atoms with E-state index in [4.69, 9.17) is 9.47 Å². The fourth-order valence-electron chi connectivity index (χ4n) is 2.46. The molecule has 0 radical (unpaired) electrons. The molecule has 2 rings (SSSR count). The van der Waals surface area contributed by atoms with Crippen LogP contribution >= 0.6 is 0 Å². The van der Waals surface area contributed by atoms with Gasteiger partial charge in [0.05, 0.1) is 18.2 Å². The lowest BCUT2D eigenvalue weighted by molar-refractivity contribution is -0.137. The van der Waals surface area contributed by atoms with Crippen molar-refractivity contribution in [2.45, 2.75) is 12.3 Å². The van der Waals surface area contributed by atoms with E-state index in [0.717, 1.165) is 12.1 Å². The van der Waals surface area contributed by atoms with Crippen LogP contribution in [0.4, 0.5) is 13.2 Å². The highest BCUT2D eigenvalue weighted by Crippen LogP contribution is 2.32. The van der Waals surface area contributed by atoms with E-state index in [2.05, 4.69) is 5.32 Å². The lowest BCUT2D eigenvalue weighted by Crippen LogP contribution is -2.31. The molecule has 4 nitrogen and oxygen atoms in total. The van der Waals surface area contributed by atoms with Gasteiger partial charge in [0.25, 0.3) is 5.91 Å². The summed E-state index contributed by atoms with van der Waals surface area (Å²) in [6.07, 6.45) is -5.16. The van der Waals surface area contributed by atoms with Crippen molar-refractivity contribution in [1.82, 2.24) is 5.32 Å². The van der Waals surface area contributed by atoms with Crippen molar-refractivity contribution in [1.29, 1.82) is 0 Å². The van der Waals surface area contributed by atoms with Gasteiger partial charge in [-0.05, 0) is 18.2 Å². The molecule has 25 heavy (non-hydrogen) atoms. The maximum Gasteiger partial charge on any atom is 0.417 e. The molecule has 0 aromatic heterocycles. The second-order valence-electron chi connectivity index (χ2n) is 5.22. The predicted octanol–water partition coefficient (Wildman–Crippen LogP) is 3.83. The first-order chi connectivity index (χ1) is 11.9. The highest BCUT2D eigenvalue weighted by molar-refractivity contribution is 5.95. The SMILES string of the molecule is COc1ccccc1[C@H](CNC(=O)c1ccccc1C(F)(F)F)OC. The lowest BCUT2D eigenvalue weighted by Gasteiger charge is -2.19. The summed E-state index contributed by atoms with van der Waals surface area (Å²) in [6.45, 7) is 0.00188. The van der Waals surface area contributed by atoms with E-state index in [1.165, 1.54) is 26.4 Å². The number of amides is 1. The molecule has 0 saturated heterocycles. The normalized spacial score (nSPS) is 12.5. The van der Waals surface area contributed by atoms with Crippen molar-refractivity contribution >= 4 is 5.91 Å². The Morgan fingerprint density at radius 3 is 2.36 bits per heavy atom. The Hall–Kier alpha value is -2.54. The van der Waals surface area contributed by atoms with Crippen LogP contribution in [-0.4, -0.2) is 26.7 Å². The molecule has 2 aromatic carbocycles. The predicted molar refractivity (Wildman–Crippen MR) is 86.5 cm³/mol. The van der Waals surface area contributed by atoms with Crippen LogP contribution in [-0.2, 0) is 10.9 Å². The van der Waals surface area contributed by atoms with Gasteiger partial charge in [-0.1, -0.05) is 30.3 Å². The maximum absolute atomic E-state index is 13.0. The van der Waals surface area contributed by atoms with Crippen molar-refractivity contribution < 1.29 is 27.4 Å². The summed E-state index contributed by atoms with van der Waals surface area (Å²) in [5, 5.41) is 2.49. The van der Waals surface area contributed by atoms with Gasteiger partial charge >= 0.3 is 6.18 Å². The summed E-state index contributed by atoms with van der Waals surface area (Å²) < 4.78 is 49.6. The second-order valence-corrected chi connectivity index (χ2v) is 5.22. The van der Waals surface area contributed by atoms with Gasteiger partial charge in [0.1, 0.15) is 11.9 Å². The van der Waals surface area contributed by atoms with Crippen molar-refractivity contribution in [2.24, 2.45) is 0 Å². The first kappa shape index (κ1) is 18.8. The van der Waals surface area contributed by atoms with Crippen molar-refractivity contribution in [3.8, 4) is 5.75 Å². The van der Waals surface area contributed by atoms with Crippen LogP contribution in [0.1, 0.15) is 27.6 Å². The highest BCUT2D eigenvalue weighted by Gasteiger charge is 2.34. The van der Waals surface area contributed by atoms with Gasteiger partial charge in [-0.3, -0.25) is 4.79 Å². The average molecular weight is 353 g/mol. The molecular formula is C18H18F3NO3. The van der Waals surface area contributed by atoms with Gasteiger partial charge in [-0.2, -0.15) is 13.2 Å². The van der Waals surface area contributed by atoms with Gasteiger partial charge in [0, 0.05) is 19.2 Å². The number of methoxy groups -OCH3 is 2. The van der Waals surface area contributed by atoms with E-state index in [0.29, 0.717) is 11.3 Å². The summed E-state index contributed by atoms with van der Waals surface area (Å²) in [5.41, 5.74) is -0.708. The van der Waals surface area contributed by atoms with Gasteiger partial charge < -0.3 is 14.8 Å². The Morgan fingerprint density at radius 2 is 1.72 bits per heavy atom. The van der Waals surface area contributed by atoms with Crippen LogP contribution in [0.25, 0.3) is 0 Å².